The van der Waals surface area contributed by atoms with E-state index >= 15 is 0 Å². The van der Waals surface area contributed by atoms with E-state index in [1.54, 1.807) is 0 Å². The highest BCUT2D eigenvalue weighted by atomic mass is 16.7. The molecule has 2 aromatic heterocycles. The van der Waals surface area contributed by atoms with E-state index in [0.717, 1.165) is 17.5 Å². The molecule has 1 aliphatic heterocycles. The minimum atomic E-state index is -1.50. The predicted molar refractivity (Wildman–Crippen MR) is 136 cm³/mol. The summed E-state index contributed by atoms with van der Waals surface area (Å²) in [6.07, 6.45) is -1.75. The first-order valence-electron chi connectivity index (χ1n) is 13.6. The van der Waals surface area contributed by atoms with Gasteiger partial charge >= 0.3 is 0 Å². The molecular weight excluding hydrogens is 528 g/mol. The predicted octanol–water partition coefficient (Wildman–Crippen LogP) is -1.70. The fourth-order valence-corrected chi connectivity index (χ4v) is 5.03. The number of rotatable bonds is 11. The highest BCUT2D eigenvalue weighted by molar-refractivity contribution is 5.92. The van der Waals surface area contributed by atoms with Crippen LogP contribution in [0.3, 0.4) is 0 Å². The number of aliphatic hydroxyl groups is 4. The van der Waals surface area contributed by atoms with Crippen molar-refractivity contribution in [1.82, 2.24) is 40.6 Å². The first-order valence-corrected chi connectivity index (χ1v) is 13.6. The van der Waals surface area contributed by atoms with Crippen molar-refractivity contribution in [3.63, 3.8) is 0 Å². The van der Waals surface area contributed by atoms with E-state index < -0.39 is 61.4 Å². The van der Waals surface area contributed by atoms with Crippen molar-refractivity contribution < 1.29 is 39.5 Å². The maximum atomic E-state index is 12.6. The Labute approximate surface area is 230 Å². The van der Waals surface area contributed by atoms with Crippen molar-refractivity contribution in [2.24, 2.45) is 0 Å². The highest BCUT2D eigenvalue weighted by Gasteiger charge is 2.49. The molecular formula is C24H38N8O8. The number of hydrogen-bond donors (Lipinski definition) is 6. The molecule has 1 aliphatic carbocycles. The number of ether oxygens (including phenoxy) is 2. The average molecular weight is 567 g/mol. The summed E-state index contributed by atoms with van der Waals surface area (Å²) in [5, 5.41) is 64.2. The molecule has 16 nitrogen and oxygen atoms in total. The Morgan fingerprint density at radius 2 is 1.77 bits per heavy atom. The minimum Gasteiger partial charge on any atom is -0.394 e. The van der Waals surface area contributed by atoms with Crippen molar-refractivity contribution in [3.8, 4) is 0 Å². The summed E-state index contributed by atoms with van der Waals surface area (Å²) in [6, 6.07) is -1.80. The Morgan fingerprint density at radius 3 is 2.48 bits per heavy atom. The van der Waals surface area contributed by atoms with Crippen LogP contribution in [-0.4, -0.2) is 119 Å². The third-order valence-electron chi connectivity index (χ3n) is 7.16. The summed E-state index contributed by atoms with van der Waals surface area (Å²) in [7, 11) is 0. The second-order valence-electron chi connectivity index (χ2n) is 10.0. The van der Waals surface area contributed by atoms with E-state index in [1.165, 1.54) is 17.1 Å². The number of carbonyl (C=O) groups excluding carboxylic acids is 2. The molecule has 16 heteroatoms. The lowest BCUT2D eigenvalue weighted by Crippen LogP contribution is -2.58. The smallest absolute Gasteiger partial charge is 0.273 e. The zero-order valence-corrected chi connectivity index (χ0v) is 22.5. The normalized spacial score (nSPS) is 30.6. The van der Waals surface area contributed by atoms with Crippen molar-refractivity contribution in [2.45, 2.75) is 94.8 Å². The summed E-state index contributed by atoms with van der Waals surface area (Å²) in [6.45, 7) is 4.17. The second kappa shape index (κ2) is 13.6. The molecule has 1 saturated heterocycles. The molecule has 8 atom stereocenters. The van der Waals surface area contributed by atoms with Crippen LogP contribution in [0.1, 0.15) is 79.0 Å². The molecule has 0 spiro atoms. The Kier molecular flexibility index (Phi) is 10.2. The summed E-state index contributed by atoms with van der Waals surface area (Å²) in [5.41, 5.74) is 0.204. The van der Waals surface area contributed by atoms with Crippen molar-refractivity contribution in [3.05, 3.63) is 23.8 Å². The summed E-state index contributed by atoms with van der Waals surface area (Å²) in [4.78, 5) is 24.9. The fourth-order valence-electron chi connectivity index (χ4n) is 5.03. The van der Waals surface area contributed by atoms with Gasteiger partial charge in [0.25, 0.3) is 11.8 Å². The number of aromatic nitrogens is 6. The maximum absolute atomic E-state index is 12.6. The van der Waals surface area contributed by atoms with E-state index in [2.05, 4.69) is 31.3 Å². The minimum absolute atomic E-state index is 0.00508. The molecule has 2 aromatic rings. The molecule has 6 N–H and O–H groups in total. The molecule has 1 saturated carbocycles. The molecule has 2 amide bonds. The molecule has 0 radical (unpaired) electrons. The first-order chi connectivity index (χ1) is 19.3. The number of amides is 2. The van der Waals surface area contributed by atoms with Gasteiger partial charge in [0.05, 0.1) is 31.1 Å². The van der Waals surface area contributed by atoms with Gasteiger partial charge < -0.3 is 40.5 Å². The Bertz CT molecular complexity index is 1130. The highest BCUT2D eigenvalue weighted by Crippen LogP contribution is 2.36. The van der Waals surface area contributed by atoms with Crippen LogP contribution in [-0.2, 0) is 9.47 Å². The van der Waals surface area contributed by atoms with Crippen molar-refractivity contribution in [1.29, 1.82) is 0 Å². The third-order valence-corrected chi connectivity index (χ3v) is 7.16. The lowest BCUT2D eigenvalue weighted by molar-refractivity contribution is -0.309. The van der Waals surface area contributed by atoms with Gasteiger partial charge in [-0.2, -0.15) is 0 Å². The fraction of sp³-hybridized carbons (Fsp3) is 0.750. The topological polar surface area (TPSA) is 219 Å². The zero-order chi connectivity index (χ0) is 28.8. The van der Waals surface area contributed by atoms with Gasteiger partial charge in [0.2, 0.25) is 0 Å². The van der Waals surface area contributed by atoms with E-state index in [0.29, 0.717) is 32.4 Å². The molecule has 40 heavy (non-hydrogen) atoms. The van der Waals surface area contributed by atoms with Crippen LogP contribution in [0.4, 0.5) is 0 Å². The number of nitrogens with zero attached hydrogens (tertiary/aromatic N) is 6. The van der Waals surface area contributed by atoms with Crippen molar-refractivity contribution in [2.75, 3.05) is 19.7 Å². The monoisotopic (exact) mass is 566 g/mol. The van der Waals surface area contributed by atoms with Gasteiger partial charge in [-0.05, 0) is 32.1 Å². The SMILES string of the molecule is CCCNC(=O)c1cn([C@H]2[C@@H](O)[C@@H](CO)O[C@@H](OC3CCCC(n4nncc4C(=O)NCCC)C3O)[C@@H]2O)nn1. The second-order valence-corrected chi connectivity index (χ2v) is 10.0. The molecule has 4 rings (SSSR count). The van der Waals surface area contributed by atoms with Crippen LogP contribution in [0.5, 0.6) is 0 Å². The van der Waals surface area contributed by atoms with Gasteiger partial charge in [0.1, 0.15) is 36.2 Å². The average Bonchev–Trinajstić information content (AvgIpc) is 3.64. The maximum Gasteiger partial charge on any atom is 0.273 e. The number of aliphatic hydroxyl groups excluding tert-OH is 4. The molecule has 3 heterocycles. The van der Waals surface area contributed by atoms with Gasteiger partial charge in [0, 0.05) is 13.1 Å². The molecule has 2 aliphatic rings. The molecule has 0 bridgehead atoms. The van der Waals surface area contributed by atoms with E-state index in [9.17, 15) is 30.0 Å². The van der Waals surface area contributed by atoms with Crippen LogP contribution >= 0.6 is 0 Å². The van der Waals surface area contributed by atoms with E-state index in [4.69, 9.17) is 9.47 Å². The van der Waals surface area contributed by atoms with Crippen molar-refractivity contribution >= 4 is 11.8 Å². The quantitative estimate of drug-likeness (QED) is 0.179. The van der Waals surface area contributed by atoms with Gasteiger partial charge in [-0.15, -0.1) is 10.2 Å². The van der Waals surface area contributed by atoms with Crippen LogP contribution in [0.15, 0.2) is 12.4 Å². The largest absolute Gasteiger partial charge is 0.394 e. The Hall–Kier alpha value is -3.02. The first kappa shape index (κ1) is 30.0. The van der Waals surface area contributed by atoms with Gasteiger partial charge in [-0.3, -0.25) is 9.59 Å². The zero-order valence-electron chi connectivity index (χ0n) is 22.5. The Balaban J connectivity index is 1.50. The van der Waals surface area contributed by atoms with E-state index in [-0.39, 0.29) is 17.3 Å². The summed E-state index contributed by atoms with van der Waals surface area (Å²) in [5.74, 6) is -0.811. The standard InChI is InChI=1S/C24H38N8O8/c1-3-8-25-22(37)13-11-31(30-28-13)18-20(35)17(12-33)40-24(21(18)36)39-16-7-5-6-14(19(16)34)32-15(10-27-29-32)23(38)26-9-4-2/h10-11,14,16-21,24,33-36H,3-9,12H2,1-2H3,(H,25,37)(H,26,38)/t14?,16?,17-,18+,19?,20+,21-,24-/m1/s1. The van der Waals surface area contributed by atoms with Gasteiger partial charge in [-0.1, -0.05) is 24.3 Å². The number of carbonyl (C=O) groups is 2. The van der Waals surface area contributed by atoms with Crippen LogP contribution in [0, 0.1) is 0 Å². The van der Waals surface area contributed by atoms with Gasteiger partial charge in [-0.25, -0.2) is 9.36 Å². The lowest BCUT2D eigenvalue weighted by Gasteiger charge is -2.44. The molecule has 3 unspecified atom stereocenters. The van der Waals surface area contributed by atoms with Crippen LogP contribution in [0.2, 0.25) is 0 Å². The van der Waals surface area contributed by atoms with Gasteiger partial charge in [0.15, 0.2) is 12.0 Å². The molecule has 222 valence electrons. The third kappa shape index (κ3) is 6.31. The Morgan fingerprint density at radius 1 is 1.05 bits per heavy atom. The number of nitrogens with one attached hydrogen (secondary N) is 2. The van der Waals surface area contributed by atoms with Crippen LogP contribution < -0.4 is 10.6 Å². The summed E-state index contributed by atoms with van der Waals surface area (Å²) < 4.78 is 14.3. The summed E-state index contributed by atoms with van der Waals surface area (Å²) >= 11 is 0. The number of hydrogen-bond acceptors (Lipinski definition) is 12. The molecule has 0 aromatic carbocycles. The van der Waals surface area contributed by atoms with E-state index in [1.807, 2.05) is 13.8 Å². The lowest BCUT2D eigenvalue weighted by atomic mass is 9.89. The van der Waals surface area contributed by atoms with Crippen LogP contribution in [0.25, 0.3) is 0 Å². The molecule has 2 fully saturated rings.